The third kappa shape index (κ3) is 9.23. The molecule has 0 aromatic heterocycles. The molecule has 2 nitrogen and oxygen atoms in total. The molecule has 114 valence electrons. The van der Waals surface area contributed by atoms with Gasteiger partial charge in [0.05, 0.1) is 0 Å². The van der Waals surface area contributed by atoms with Gasteiger partial charge in [-0.25, -0.2) is 0 Å². The van der Waals surface area contributed by atoms with Crippen LogP contribution in [0.5, 0.6) is 0 Å². The Labute approximate surface area is 121 Å². The Bertz CT molecular complexity index is 256. The zero-order valence-electron chi connectivity index (χ0n) is 14.3. The summed E-state index contributed by atoms with van der Waals surface area (Å²) in [7, 11) is 0. The molecule has 2 N–H and O–H groups in total. The van der Waals surface area contributed by atoms with Gasteiger partial charge in [0.2, 0.25) is 0 Å². The molecule has 0 fully saturated rings. The normalized spacial score (nSPS) is 15.6. The molecule has 0 saturated carbocycles. The van der Waals surface area contributed by atoms with E-state index in [1.165, 1.54) is 12.0 Å². The van der Waals surface area contributed by atoms with Gasteiger partial charge in [-0.2, -0.15) is 0 Å². The maximum absolute atomic E-state index is 4.13. The monoisotopic (exact) mass is 268 g/mol. The summed E-state index contributed by atoms with van der Waals surface area (Å²) in [6, 6.07) is 0.575. The topological polar surface area (TPSA) is 24.1 Å². The van der Waals surface area contributed by atoms with E-state index < -0.39 is 0 Å². The van der Waals surface area contributed by atoms with Crippen molar-refractivity contribution in [2.45, 2.75) is 72.9 Å². The Morgan fingerprint density at radius 2 is 1.68 bits per heavy atom. The van der Waals surface area contributed by atoms with E-state index in [1.54, 1.807) is 0 Å². The molecule has 0 aliphatic heterocycles. The zero-order valence-corrected chi connectivity index (χ0v) is 14.3. The van der Waals surface area contributed by atoms with Crippen molar-refractivity contribution in [2.75, 3.05) is 13.1 Å². The molecule has 0 aliphatic rings. The van der Waals surface area contributed by atoms with E-state index in [1.807, 2.05) is 0 Å². The number of rotatable bonds is 10. The lowest BCUT2D eigenvalue weighted by molar-refractivity contribution is 0.289. The Morgan fingerprint density at radius 3 is 2.16 bits per heavy atom. The van der Waals surface area contributed by atoms with Crippen molar-refractivity contribution in [2.24, 2.45) is 11.8 Å². The van der Waals surface area contributed by atoms with Crippen molar-refractivity contribution in [1.82, 2.24) is 10.6 Å². The number of nitrogens with one attached hydrogen (secondary N) is 2. The maximum Gasteiger partial charge on any atom is 0.0128 e. The van der Waals surface area contributed by atoms with Crippen molar-refractivity contribution in [3.63, 3.8) is 0 Å². The summed E-state index contributed by atoms with van der Waals surface area (Å²) in [6.45, 7) is 22.1. The first-order valence-electron chi connectivity index (χ1n) is 7.84. The van der Waals surface area contributed by atoms with Crippen LogP contribution in [0.15, 0.2) is 12.2 Å². The summed E-state index contributed by atoms with van der Waals surface area (Å²) in [6.07, 6.45) is 2.27. The molecule has 1 unspecified atom stereocenters. The lowest BCUT2D eigenvalue weighted by Crippen LogP contribution is -2.44. The molecule has 2 heteroatoms. The minimum atomic E-state index is 0.195. The number of hydrogen-bond acceptors (Lipinski definition) is 2. The molecule has 2 atom stereocenters. The average Bonchev–Trinajstić information content (AvgIpc) is 2.32. The van der Waals surface area contributed by atoms with Crippen molar-refractivity contribution in [3.8, 4) is 0 Å². The first-order chi connectivity index (χ1) is 8.68. The fourth-order valence-corrected chi connectivity index (χ4v) is 2.37. The summed E-state index contributed by atoms with van der Waals surface area (Å²) in [4.78, 5) is 0. The van der Waals surface area contributed by atoms with E-state index in [-0.39, 0.29) is 5.54 Å². The number of hydrogen-bond donors (Lipinski definition) is 2. The van der Waals surface area contributed by atoms with Gasteiger partial charge in [0.1, 0.15) is 0 Å². The smallest absolute Gasteiger partial charge is 0.0128 e. The predicted molar refractivity (Wildman–Crippen MR) is 87.6 cm³/mol. The van der Waals surface area contributed by atoms with Crippen LogP contribution in [0, 0.1) is 11.8 Å². The molecule has 0 bridgehead atoms. The first-order valence-corrected chi connectivity index (χ1v) is 7.84. The van der Waals surface area contributed by atoms with Gasteiger partial charge in [-0.15, -0.1) is 0 Å². The van der Waals surface area contributed by atoms with Gasteiger partial charge in [-0.05, 0) is 45.1 Å². The molecular formula is C17H36N2. The second kappa shape index (κ2) is 8.76. The largest absolute Gasteiger partial charge is 0.314 e. The molecule has 0 heterocycles. The van der Waals surface area contributed by atoms with Crippen molar-refractivity contribution in [3.05, 3.63) is 12.2 Å². The van der Waals surface area contributed by atoms with E-state index in [0.717, 1.165) is 19.5 Å². The second-order valence-corrected chi connectivity index (χ2v) is 7.05. The van der Waals surface area contributed by atoms with Crippen LogP contribution in [0.25, 0.3) is 0 Å². The summed E-state index contributed by atoms with van der Waals surface area (Å²) in [5, 5.41) is 7.22. The summed E-state index contributed by atoms with van der Waals surface area (Å²) < 4.78 is 0. The summed E-state index contributed by atoms with van der Waals surface area (Å²) in [5.74, 6) is 1.25. The SMILES string of the molecule is C=C(CC)C(C)CNC(C)(C)C[C@H](C)CNC(C)C. The van der Waals surface area contributed by atoms with E-state index in [2.05, 4.69) is 65.7 Å². The van der Waals surface area contributed by atoms with E-state index in [0.29, 0.717) is 17.9 Å². The van der Waals surface area contributed by atoms with Gasteiger partial charge >= 0.3 is 0 Å². The van der Waals surface area contributed by atoms with E-state index in [9.17, 15) is 0 Å². The van der Waals surface area contributed by atoms with Crippen LogP contribution in [-0.4, -0.2) is 24.7 Å². The fourth-order valence-electron chi connectivity index (χ4n) is 2.37. The summed E-state index contributed by atoms with van der Waals surface area (Å²) in [5.41, 5.74) is 1.54. The van der Waals surface area contributed by atoms with Crippen LogP contribution in [0.4, 0.5) is 0 Å². The molecule has 0 amide bonds. The highest BCUT2D eigenvalue weighted by atomic mass is 15.0. The Hall–Kier alpha value is -0.340. The van der Waals surface area contributed by atoms with Gasteiger partial charge in [0.15, 0.2) is 0 Å². The second-order valence-electron chi connectivity index (χ2n) is 7.05. The molecule has 0 spiro atoms. The van der Waals surface area contributed by atoms with Gasteiger partial charge in [-0.3, -0.25) is 0 Å². The predicted octanol–water partition coefficient (Wildman–Crippen LogP) is 3.98. The molecule has 0 radical (unpaired) electrons. The van der Waals surface area contributed by atoms with E-state index in [4.69, 9.17) is 0 Å². The minimum Gasteiger partial charge on any atom is -0.314 e. The lowest BCUT2D eigenvalue weighted by atomic mass is 9.90. The molecule has 0 aliphatic carbocycles. The van der Waals surface area contributed by atoms with Gasteiger partial charge < -0.3 is 10.6 Å². The minimum absolute atomic E-state index is 0.195. The van der Waals surface area contributed by atoms with Gasteiger partial charge in [0.25, 0.3) is 0 Å². The highest BCUT2D eigenvalue weighted by molar-refractivity contribution is 4.99. The first kappa shape index (κ1) is 18.7. The van der Waals surface area contributed by atoms with Crippen LogP contribution < -0.4 is 10.6 Å². The lowest BCUT2D eigenvalue weighted by Gasteiger charge is -2.31. The maximum atomic E-state index is 4.13. The van der Waals surface area contributed by atoms with Gasteiger partial charge in [0, 0.05) is 18.1 Å². The molecule has 19 heavy (non-hydrogen) atoms. The Balaban J connectivity index is 4.06. The average molecular weight is 268 g/mol. The standard InChI is InChI=1S/C17H36N2/c1-9-15(5)16(6)12-19-17(7,8)10-14(4)11-18-13(2)3/h13-14,16,18-19H,5,9-12H2,1-4,6-8H3/t14-,16?/m0/s1. The van der Waals surface area contributed by atoms with Crippen molar-refractivity contribution >= 4 is 0 Å². The van der Waals surface area contributed by atoms with Crippen LogP contribution in [-0.2, 0) is 0 Å². The van der Waals surface area contributed by atoms with E-state index >= 15 is 0 Å². The third-order valence-electron chi connectivity index (χ3n) is 3.77. The summed E-state index contributed by atoms with van der Waals surface area (Å²) >= 11 is 0. The van der Waals surface area contributed by atoms with Crippen LogP contribution in [0.3, 0.4) is 0 Å². The highest BCUT2D eigenvalue weighted by Crippen LogP contribution is 2.18. The highest BCUT2D eigenvalue weighted by Gasteiger charge is 2.21. The molecule has 0 aromatic rings. The molecular weight excluding hydrogens is 232 g/mol. The molecule has 0 aromatic carbocycles. The van der Waals surface area contributed by atoms with Crippen molar-refractivity contribution in [1.29, 1.82) is 0 Å². The van der Waals surface area contributed by atoms with Gasteiger partial charge in [-0.1, -0.05) is 46.8 Å². The third-order valence-corrected chi connectivity index (χ3v) is 3.77. The quantitative estimate of drug-likeness (QED) is 0.586. The van der Waals surface area contributed by atoms with Crippen LogP contribution in [0.1, 0.15) is 61.3 Å². The van der Waals surface area contributed by atoms with Crippen molar-refractivity contribution < 1.29 is 0 Å². The van der Waals surface area contributed by atoms with Crippen LogP contribution in [0.2, 0.25) is 0 Å². The Kier molecular flexibility index (Phi) is 8.60. The van der Waals surface area contributed by atoms with Crippen LogP contribution >= 0.6 is 0 Å². The Morgan fingerprint density at radius 1 is 1.11 bits per heavy atom. The zero-order chi connectivity index (χ0) is 15.1. The fraction of sp³-hybridized carbons (Fsp3) is 0.882. The molecule has 0 rings (SSSR count). The molecule has 0 saturated heterocycles.